The lowest BCUT2D eigenvalue weighted by Crippen LogP contribution is -2.50. The first kappa shape index (κ1) is 17.9. The summed E-state index contributed by atoms with van der Waals surface area (Å²) >= 11 is 0. The molecule has 1 saturated heterocycles. The van der Waals surface area contributed by atoms with Crippen LogP contribution in [-0.4, -0.2) is 65.1 Å². The number of hydrogen-bond acceptors (Lipinski definition) is 6. The van der Waals surface area contributed by atoms with Crippen LogP contribution >= 0.6 is 0 Å². The number of carbonyl (C=O) groups is 1. The Kier molecular flexibility index (Phi) is 5.75. The first-order chi connectivity index (χ1) is 10.8. The fraction of sp³-hybridized carbons (Fsp3) is 0.812. The Bertz CT molecular complexity index is 515. The highest BCUT2D eigenvalue weighted by Crippen LogP contribution is 2.24. The van der Waals surface area contributed by atoms with Gasteiger partial charge in [0.15, 0.2) is 5.82 Å². The van der Waals surface area contributed by atoms with Crippen molar-refractivity contribution in [2.24, 2.45) is 0 Å². The van der Waals surface area contributed by atoms with E-state index in [0.717, 1.165) is 32.0 Å². The second-order valence-electron chi connectivity index (χ2n) is 7.15. The van der Waals surface area contributed by atoms with Crippen molar-refractivity contribution < 1.29 is 9.32 Å². The quantitative estimate of drug-likeness (QED) is 0.877. The lowest BCUT2D eigenvalue weighted by molar-refractivity contribution is -0.122. The Morgan fingerprint density at radius 3 is 2.48 bits per heavy atom. The summed E-state index contributed by atoms with van der Waals surface area (Å²) < 4.78 is 5.45. The van der Waals surface area contributed by atoms with Crippen LogP contribution in [-0.2, 0) is 10.2 Å². The van der Waals surface area contributed by atoms with Gasteiger partial charge in [0.05, 0.1) is 12.6 Å². The number of piperazine rings is 1. The van der Waals surface area contributed by atoms with Gasteiger partial charge in [0, 0.05) is 38.1 Å². The van der Waals surface area contributed by atoms with E-state index in [1.165, 1.54) is 0 Å². The van der Waals surface area contributed by atoms with E-state index in [-0.39, 0.29) is 17.4 Å². The molecule has 0 saturated carbocycles. The molecule has 1 N–H and O–H groups in total. The molecule has 1 aliphatic rings. The number of hydrogen-bond donors (Lipinski definition) is 1. The smallest absolute Gasteiger partial charge is 0.243 e. The lowest BCUT2D eigenvalue weighted by atomic mass is 9.96. The van der Waals surface area contributed by atoms with E-state index in [9.17, 15) is 4.79 Å². The first-order valence-electron chi connectivity index (χ1n) is 8.38. The highest BCUT2D eigenvalue weighted by Gasteiger charge is 2.28. The number of nitrogens with one attached hydrogen (secondary N) is 1. The van der Waals surface area contributed by atoms with Crippen LogP contribution in [0.5, 0.6) is 0 Å². The topological polar surface area (TPSA) is 74.5 Å². The molecule has 7 nitrogen and oxygen atoms in total. The zero-order valence-electron chi connectivity index (χ0n) is 14.9. The minimum atomic E-state index is -0.104. The van der Waals surface area contributed by atoms with E-state index in [1.54, 1.807) is 0 Å². The normalized spacial score (nSPS) is 18.8. The zero-order valence-corrected chi connectivity index (χ0v) is 14.9. The summed E-state index contributed by atoms with van der Waals surface area (Å²) in [6, 6.07) is 0.102. The molecule has 1 amide bonds. The molecular weight excluding hydrogens is 294 g/mol. The van der Waals surface area contributed by atoms with Gasteiger partial charge < -0.3 is 9.84 Å². The van der Waals surface area contributed by atoms with Gasteiger partial charge in [-0.1, -0.05) is 25.9 Å². The van der Waals surface area contributed by atoms with Crippen molar-refractivity contribution in [1.82, 2.24) is 25.3 Å². The maximum Gasteiger partial charge on any atom is 0.243 e. The van der Waals surface area contributed by atoms with Crippen molar-refractivity contribution in [3.63, 3.8) is 0 Å². The van der Waals surface area contributed by atoms with E-state index in [1.807, 2.05) is 6.92 Å². The van der Waals surface area contributed by atoms with Crippen molar-refractivity contribution in [3.05, 3.63) is 11.7 Å². The molecular formula is C16H29N5O2. The Morgan fingerprint density at radius 2 is 1.96 bits per heavy atom. The molecule has 1 aromatic heterocycles. The molecule has 1 aromatic rings. The van der Waals surface area contributed by atoms with Crippen LogP contribution in [0.15, 0.2) is 4.52 Å². The fourth-order valence-corrected chi connectivity index (χ4v) is 2.63. The summed E-state index contributed by atoms with van der Waals surface area (Å²) in [5.74, 6) is 1.52. The Balaban J connectivity index is 1.87. The molecule has 0 spiro atoms. The van der Waals surface area contributed by atoms with E-state index in [0.29, 0.717) is 19.0 Å². The third kappa shape index (κ3) is 4.75. The number of nitrogens with zero attached hydrogens (tertiary/aromatic N) is 4. The molecule has 1 aliphatic heterocycles. The number of carbonyl (C=O) groups excluding carboxylic acids is 1. The third-order valence-electron chi connectivity index (χ3n) is 4.17. The van der Waals surface area contributed by atoms with Crippen LogP contribution in [0, 0.1) is 0 Å². The van der Waals surface area contributed by atoms with Gasteiger partial charge in [-0.3, -0.25) is 14.6 Å². The van der Waals surface area contributed by atoms with Gasteiger partial charge >= 0.3 is 0 Å². The van der Waals surface area contributed by atoms with Crippen LogP contribution in [0.2, 0.25) is 0 Å². The molecule has 1 unspecified atom stereocenters. The summed E-state index contributed by atoms with van der Waals surface area (Å²) in [7, 11) is 0. The highest BCUT2D eigenvalue weighted by atomic mass is 16.5. The molecule has 1 fully saturated rings. The molecule has 2 rings (SSSR count). The Morgan fingerprint density at radius 1 is 1.30 bits per heavy atom. The molecule has 1 atom stereocenters. The molecule has 0 bridgehead atoms. The van der Waals surface area contributed by atoms with Crippen LogP contribution in [0.3, 0.4) is 0 Å². The number of amides is 1. The minimum Gasteiger partial charge on any atom is -0.355 e. The van der Waals surface area contributed by atoms with Gasteiger partial charge in [-0.25, -0.2) is 0 Å². The molecule has 2 heterocycles. The zero-order chi connectivity index (χ0) is 17.0. The molecule has 130 valence electrons. The first-order valence-corrected chi connectivity index (χ1v) is 8.38. The van der Waals surface area contributed by atoms with Gasteiger partial charge in [-0.05, 0) is 13.8 Å². The summed E-state index contributed by atoms with van der Waals surface area (Å²) in [5, 5.41) is 6.94. The van der Waals surface area contributed by atoms with E-state index in [4.69, 9.17) is 4.52 Å². The van der Waals surface area contributed by atoms with Crippen LogP contribution in [0.25, 0.3) is 0 Å². The Hall–Kier alpha value is -1.47. The number of rotatable bonds is 5. The molecule has 0 aromatic carbocycles. The average molecular weight is 323 g/mol. The summed E-state index contributed by atoms with van der Waals surface area (Å²) in [5.41, 5.74) is -0.104. The van der Waals surface area contributed by atoms with E-state index in [2.05, 4.69) is 53.0 Å². The minimum absolute atomic E-state index is 0.0979. The third-order valence-corrected chi connectivity index (χ3v) is 4.17. The maximum atomic E-state index is 11.6. The van der Waals surface area contributed by atoms with Gasteiger partial charge in [0.25, 0.3) is 0 Å². The number of aromatic nitrogens is 2. The Labute approximate surface area is 138 Å². The van der Waals surface area contributed by atoms with Crippen molar-refractivity contribution >= 4 is 5.91 Å². The standard InChI is InChI=1S/C16H29N5O2/c1-6-17-13(22)11-20-7-9-21(10-8-20)12(2)14-18-15(19-23-14)16(3,4)5/h12H,6-11H2,1-5H3,(H,17,22). The predicted molar refractivity (Wildman–Crippen MR) is 88.1 cm³/mol. The van der Waals surface area contributed by atoms with Crippen LogP contribution < -0.4 is 5.32 Å². The lowest BCUT2D eigenvalue weighted by Gasteiger charge is -2.36. The predicted octanol–water partition coefficient (Wildman–Crippen LogP) is 1.18. The monoisotopic (exact) mass is 323 g/mol. The largest absolute Gasteiger partial charge is 0.355 e. The van der Waals surface area contributed by atoms with Crippen LogP contribution in [0.1, 0.15) is 52.4 Å². The average Bonchev–Trinajstić information content (AvgIpc) is 2.97. The maximum absolute atomic E-state index is 11.6. The van der Waals surface area contributed by atoms with E-state index >= 15 is 0 Å². The highest BCUT2D eigenvalue weighted by molar-refractivity contribution is 5.77. The van der Waals surface area contributed by atoms with Gasteiger partial charge in [-0.15, -0.1) is 0 Å². The summed E-state index contributed by atoms with van der Waals surface area (Å²) in [4.78, 5) is 20.7. The molecule has 23 heavy (non-hydrogen) atoms. The van der Waals surface area contributed by atoms with Crippen LogP contribution in [0.4, 0.5) is 0 Å². The summed E-state index contributed by atoms with van der Waals surface area (Å²) in [6.07, 6.45) is 0. The van der Waals surface area contributed by atoms with E-state index < -0.39 is 0 Å². The van der Waals surface area contributed by atoms with Crippen molar-refractivity contribution in [1.29, 1.82) is 0 Å². The number of likely N-dealkylation sites (N-methyl/N-ethyl adjacent to an activating group) is 1. The van der Waals surface area contributed by atoms with Gasteiger partial charge in [0.2, 0.25) is 11.8 Å². The molecule has 7 heteroatoms. The van der Waals surface area contributed by atoms with Crippen molar-refractivity contribution in [2.75, 3.05) is 39.3 Å². The fourth-order valence-electron chi connectivity index (χ4n) is 2.63. The van der Waals surface area contributed by atoms with Crippen molar-refractivity contribution in [3.8, 4) is 0 Å². The van der Waals surface area contributed by atoms with Gasteiger partial charge in [0.1, 0.15) is 0 Å². The summed E-state index contributed by atoms with van der Waals surface area (Å²) in [6.45, 7) is 15.0. The molecule has 0 aliphatic carbocycles. The molecule has 0 radical (unpaired) electrons. The van der Waals surface area contributed by atoms with Gasteiger partial charge in [-0.2, -0.15) is 4.98 Å². The SMILES string of the molecule is CCNC(=O)CN1CCN(C(C)c2nc(C(C)(C)C)no2)CC1. The van der Waals surface area contributed by atoms with Crippen molar-refractivity contribution in [2.45, 2.75) is 46.1 Å². The second-order valence-corrected chi connectivity index (χ2v) is 7.15. The second kappa shape index (κ2) is 7.40.